The third-order valence-electron chi connectivity index (χ3n) is 2.35. The second kappa shape index (κ2) is 6.59. The highest BCUT2D eigenvalue weighted by Gasteiger charge is 2.07. The van der Waals surface area contributed by atoms with Crippen molar-refractivity contribution in [2.45, 2.75) is 6.92 Å². The molecule has 1 rings (SSSR count). The summed E-state index contributed by atoms with van der Waals surface area (Å²) in [5.74, 6) is -0.124. The van der Waals surface area contributed by atoms with Crippen LogP contribution in [0.1, 0.15) is 5.56 Å². The van der Waals surface area contributed by atoms with Gasteiger partial charge in [-0.25, -0.2) is 0 Å². The number of halogens is 1. The molecule has 1 aromatic rings. The van der Waals surface area contributed by atoms with Gasteiger partial charge in [0.2, 0.25) is 5.91 Å². The quantitative estimate of drug-likeness (QED) is 0.840. The zero-order chi connectivity index (χ0) is 12.8. The maximum Gasteiger partial charge on any atom is 0.238 e. The summed E-state index contributed by atoms with van der Waals surface area (Å²) in [7, 11) is 1.78. The lowest BCUT2D eigenvalue weighted by atomic mass is 10.2. The average Bonchev–Trinajstić information content (AvgIpc) is 2.23. The van der Waals surface area contributed by atoms with Gasteiger partial charge in [-0.1, -0.05) is 17.7 Å². The van der Waals surface area contributed by atoms with Crippen molar-refractivity contribution in [2.24, 2.45) is 0 Å². The van der Waals surface area contributed by atoms with Gasteiger partial charge < -0.3 is 10.4 Å². The number of aliphatic hydroxyl groups is 1. The first-order chi connectivity index (χ1) is 8.02. The predicted octanol–water partition coefficient (Wildman–Crippen LogP) is 1.51. The lowest BCUT2D eigenvalue weighted by Gasteiger charge is -2.14. The molecule has 0 aliphatic carbocycles. The summed E-state index contributed by atoms with van der Waals surface area (Å²) in [5.41, 5.74) is 1.66. The molecule has 0 saturated carbocycles. The van der Waals surface area contributed by atoms with E-state index in [-0.39, 0.29) is 19.1 Å². The molecule has 0 atom stereocenters. The number of benzene rings is 1. The molecule has 0 aromatic heterocycles. The van der Waals surface area contributed by atoms with Gasteiger partial charge in [0, 0.05) is 17.3 Å². The number of anilines is 1. The van der Waals surface area contributed by atoms with Crippen molar-refractivity contribution in [2.75, 3.05) is 32.1 Å². The lowest BCUT2D eigenvalue weighted by Crippen LogP contribution is -2.32. The molecule has 1 aromatic carbocycles. The van der Waals surface area contributed by atoms with Crippen LogP contribution in [0.5, 0.6) is 0 Å². The van der Waals surface area contributed by atoms with Gasteiger partial charge >= 0.3 is 0 Å². The number of aryl methyl sites for hydroxylation is 1. The molecule has 0 radical (unpaired) electrons. The number of aliphatic hydroxyl groups excluding tert-OH is 1. The van der Waals surface area contributed by atoms with Crippen molar-refractivity contribution in [3.05, 3.63) is 28.8 Å². The monoisotopic (exact) mass is 256 g/mol. The standard InChI is InChI=1S/C12H17ClN2O2/c1-9-3-4-10(7-11(9)13)14-12(17)8-15(2)5-6-16/h3-4,7,16H,5-6,8H2,1-2H3,(H,14,17). The Balaban J connectivity index is 2.53. The number of nitrogens with one attached hydrogen (secondary N) is 1. The Bertz CT molecular complexity index is 396. The maximum atomic E-state index is 11.6. The van der Waals surface area contributed by atoms with Gasteiger partial charge in [-0.05, 0) is 31.7 Å². The fraction of sp³-hybridized carbons (Fsp3) is 0.417. The second-order valence-electron chi connectivity index (χ2n) is 3.97. The highest BCUT2D eigenvalue weighted by Crippen LogP contribution is 2.19. The zero-order valence-electron chi connectivity index (χ0n) is 10.0. The number of amides is 1. The fourth-order valence-electron chi connectivity index (χ4n) is 1.37. The van der Waals surface area contributed by atoms with Crippen molar-refractivity contribution >= 4 is 23.2 Å². The van der Waals surface area contributed by atoms with E-state index in [2.05, 4.69) is 5.32 Å². The molecule has 0 unspecified atom stereocenters. The van der Waals surface area contributed by atoms with Crippen LogP contribution in [-0.4, -0.2) is 42.7 Å². The predicted molar refractivity (Wildman–Crippen MR) is 69.4 cm³/mol. The smallest absolute Gasteiger partial charge is 0.238 e. The summed E-state index contributed by atoms with van der Waals surface area (Å²) < 4.78 is 0. The molecule has 0 spiro atoms. The number of rotatable bonds is 5. The third kappa shape index (κ3) is 4.73. The number of carbonyl (C=O) groups is 1. The Labute approximate surface area is 106 Å². The van der Waals surface area contributed by atoms with Crippen LogP contribution in [0.2, 0.25) is 5.02 Å². The Morgan fingerprint density at radius 1 is 1.53 bits per heavy atom. The third-order valence-corrected chi connectivity index (χ3v) is 2.76. The van der Waals surface area contributed by atoms with Crippen LogP contribution in [0, 0.1) is 6.92 Å². The normalized spacial score (nSPS) is 10.6. The molecule has 0 heterocycles. The van der Waals surface area contributed by atoms with Crippen LogP contribution in [0.15, 0.2) is 18.2 Å². The SMILES string of the molecule is Cc1ccc(NC(=O)CN(C)CCO)cc1Cl. The van der Waals surface area contributed by atoms with E-state index in [0.29, 0.717) is 17.3 Å². The second-order valence-corrected chi connectivity index (χ2v) is 4.38. The Kier molecular flexibility index (Phi) is 5.41. The van der Waals surface area contributed by atoms with Crippen LogP contribution in [0.25, 0.3) is 0 Å². The first-order valence-corrected chi connectivity index (χ1v) is 5.76. The van der Waals surface area contributed by atoms with Crippen LogP contribution >= 0.6 is 11.6 Å². The molecule has 0 fully saturated rings. The van der Waals surface area contributed by atoms with E-state index in [1.807, 2.05) is 19.1 Å². The van der Waals surface area contributed by atoms with E-state index in [9.17, 15) is 4.79 Å². The minimum Gasteiger partial charge on any atom is -0.395 e. The fourth-order valence-corrected chi connectivity index (χ4v) is 1.55. The number of likely N-dealkylation sites (N-methyl/N-ethyl adjacent to an activating group) is 1. The molecule has 0 aliphatic heterocycles. The Hall–Kier alpha value is -1.10. The summed E-state index contributed by atoms with van der Waals surface area (Å²) in [6.07, 6.45) is 0. The topological polar surface area (TPSA) is 52.6 Å². The highest BCUT2D eigenvalue weighted by molar-refractivity contribution is 6.31. The molecule has 0 aliphatic rings. The van der Waals surface area contributed by atoms with Gasteiger partial charge in [0.1, 0.15) is 0 Å². The van der Waals surface area contributed by atoms with E-state index in [4.69, 9.17) is 16.7 Å². The first-order valence-electron chi connectivity index (χ1n) is 5.38. The minimum absolute atomic E-state index is 0.0418. The zero-order valence-corrected chi connectivity index (χ0v) is 10.8. The van der Waals surface area contributed by atoms with Crippen molar-refractivity contribution in [3.8, 4) is 0 Å². The molecule has 17 heavy (non-hydrogen) atoms. The summed E-state index contributed by atoms with van der Waals surface area (Å²) in [5, 5.41) is 12.1. The van der Waals surface area contributed by atoms with E-state index in [1.165, 1.54) is 0 Å². The largest absolute Gasteiger partial charge is 0.395 e. The lowest BCUT2D eigenvalue weighted by molar-refractivity contribution is -0.117. The van der Waals surface area contributed by atoms with Crippen molar-refractivity contribution in [1.82, 2.24) is 4.90 Å². The molecule has 94 valence electrons. The highest BCUT2D eigenvalue weighted by atomic mass is 35.5. The van der Waals surface area contributed by atoms with Crippen LogP contribution in [0.3, 0.4) is 0 Å². The molecule has 0 saturated heterocycles. The Morgan fingerprint density at radius 3 is 2.82 bits per heavy atom. The Morgan fingerprint density at radius 2 is 2.24 bits per heavy atom. The van der Waals surface area contributed by atoms with E-state index < -0.39 is 0 Å². The average molecular weight is 257 g/mol. The molecular formula is C12H17ClN2O2. The minimum atomic E-state index is -0.124. The van der Waals surface area contributed by atoms with Crippen molar-refractivity contribution in [1.29, 1.82) is 0 Å². The van der Waals surface area contributed by atoms with Gasteiger partial charge in [-0.3, -0.25) is 9.69 Å². The van der Waals surface area contributed by atoms with Crippen molar-refractivity contribution < 1.29 is 9.90 Å². The van der Waals surface area contributed by atoms with E-state index >= 15 is 0 Å². The van der Waals surface area contributed by atoms with Crippen LogP contribution in [0.4, 0.5) is 5.69 Å². The first kappa shape index (κ1) is 14.0. The van der Waals surface area contributed by atoms with E-state index in [0.717, 1.165) is 5.56 Å². The number of carbonyl (C=O) groups excluding carboxylic acids is 1. The summed E-state index contributed by atoms with van der Waals surface area (Å²) >= 11 is 5.96. The molecule has 0 bridgehead atoms. The van der Waals surface area contributed by atoms with Gasteiger partial charge in [-0.15, -0.1) is 0 Å². The number of hydrogen-bond acceptors (Lipinski definition) is 3. The maximum absolute atomic E-state index is 11.6. The molecule has 1 amide bonds. The summed E-state index contributed by atoms with van der Waals surface area (Å²) in [6.45, 7) is 2.66. The van der Waals surface area contributed by atoms with Gasteiger partial charge in [0.25, 0.3) is 0 Å². The molecule has 2 N–H and O–H groups in total. The van der Waals surface area contributed by atoms with Gasteiger partial charge in [0.05, 0.1) is 13.2 Å². The molecule has 5 heteroatoms. The number of nitrogens with zero attached hydrogens (tertiary/aromatic N) is 1. The molecular weight excluding hydrogens is 240 g/mol. The van der Waals surface area contributed by atoms with Crippen molar-refractivity contribution in [3.63, 3.8) is 0 Å². The van der Waals surface area contributed by atoms with Crippen LogP contribution < -0.4 is 5.32 Å². The molecule has 4 nitrogen and oxygen atoms in total. The van der Waals surface area contributed by atoms with Gasteiger partial charge in [-0.2, -0.15) is 0 Å². The summed E-state index contributed by atoms with van der Waals surface area (Å²) in [6, 6.07) is 5.39. The number of hydrogen-bond donors (Lipinski definition) is 2. The van der Waals surface area contributed by atoms with E-state index in [1.54, 1.807) is 18.0 Å². The van der Waals surface area contributed by atoms with Gasteiger partial charge in [0.15, 0.2) is 0 Å². The van der Waals surface area contributed by atoms with Crippen LogP contribution in [-0.2, 0) is 4.79 Å². The summed E-state index contributed by atoms with van der Waals surface area (Å²) in [4.78, 5) is 13.4.